The second-order valence-corrected chi connectivity index (χ2v) is 5.76. The SMILES string of the molecule is CC(=O)N1C(=O)[N+]2(C(C)=O)OCOC2(C(=O)c2ccccc2)C1C. The topological polar surface area (TPSA) is 90.0 Å². The van der Waals surface area contributed by atoms with Gasteiger partial charge in [-0.05, 0) is 6.92 Å². The average Bonchev–Trinajstić information content (AvgIpc) is 3.03. The lowest BCUT2D eigenvalue weighted by atomic mass is 9.93. The largest absolute Gasteiger partial charge is 0.469 e. The van der Waals surface area contributed by atoms with Crippen LogP contribution in [0.3, 0.4) is 0 Å². The van der Waals surface area contributed by atoms with E-state index in [1.165, 1.54) is 13.8 Å². The monoisotopic (exact) mass is 333 g/mol. The number of hydrogen-bond acceptors (Lipinski definition) is 6. The molecule has 126 valence electrons. The van der Waals surface area contributed by atoms with Gasteiger partial charge >= 0.3 is 17.7 Å². The van der Waals surface area contributed by atoms with Crippen LogP contribution in [0.25, 0.3) is 0 Å². The van der Waals surface area contributed by atoms with Gasteiger partial charge in [-0.2, -0.15) is 4.84 Å². The molecule has 1 aromatic carbocycles. The highest BCUT2D eigenvalue weighted by Crippen LogP contribution is 2.47. The van der Waals surface area contributed by atoms with Gasteiger partial charge in [0.1, 0.15) is 6.04 Å². The minimum atomic E-state index is -1.95. The van der Waals surface area contributed by atoms with E-state index in [2.05, 4.69) is 0 Å². The normalized spacial score (nSPS) is 31.9. The highest BCUT2D eigenvalue weighted by molar-refractivity contribution is 6.08. The molecule has 8 heteroatoms. The predicted octanol–water partition coefficient (Wildman–Crippen LogP) is 1.22. The van der Waals surface area contributed by atoms with Crippen LogP contribution >= 0.6 is 0 Å². The van der Waals surface area contributed by atoms with Crippen LogP contribution in [-0.4, -0.2) is 51.7 Å². The highest BCUT2D eigenvalue weighted by atomic mass is 16.9. The molecule has 0 aliphatic carbocycles. The second kappa shape index (κ2) is 5.30. The first-order valence-electron chi connectivity index (χ1n) is 7.43. The summed E-state index contributed by atoms with van der Waals surface area (Å²) in [5.41, 5.74) is -1.69. The third-order valence-electron chi connectivity index (χ3n) is 4.57. The van der Waals surface area contributed by atoms with Gasteiger partial charge in [0.05, 0.1) is 6.92 Å². The fraction of sp³-hybridized carbons (Fsp3) is 0.375. The number of imide groups is 2. The number of carbonyl (C=O) groups excluding carboxylic acids is 4. The zero-order valence-electron chi connectivity index (χ0n) is 13.5. The Labute approximate surface area is 138 Å². The van der Waals surface area contributed by atoms with Crippen molar-refractivity contribution in [3.8, 4) is 0 Å². The maximum atomic E-state index is 13.2. The molecule has 2 heterocycles. The molecule has 0 radical (unpaired) electrons. The summed E-state index contributed by atoms with van der Waals surface area (Å²) in [6, 6.07) is 6.26. The van der Waals surface area contributed by atoms with Gasteiger partial charge in [0.25, 0.3) is 5.78 Å². The molecule has 3 atom stereocenters. The fourth-order valence-corrected chi connectivity index (χ4v) is 3.52. The van der Waals surface area contributed by atoms with Crippen molar-refractivity contribution in [2.24, 2.45) is 0 Å². The van der Waals surface area contributed by atoms with E-state index >= 15 is 0 Å². The minimum absolute atomic E-state index is 0.261. The number of ether oxygens (including phenoxy) is 1. The van der Waals surface area contributed by atoms with Crippen molar-refractivity contribution < 1.29 is 33.4 Å². The summed E-state index contributed by atoms with van der Waals surface area (Å²) < 4.78 is 4.28. The highest BCUT2D eigenvalue weighted by Gasteiger charge is 2.83. The van der Waals surface area contributed by atoms with Gasteiger partial charge in [0, 0.05) is 17.1 Å². The third-order valence-corrected chi connectivity index (χ3v) is 4.57. The minimum Gasteiger partial charge on any atom is -0.284 e. The van der Waals surface area contributed by atoms with E-state index in [0.29, 0.717) is 0 Å². The molecule has 4 amide bonds. The number of Topliss-reactive ketones (excluding diaryl/α,β-unsaturated/α-hetero) is 1. The average molecular weight is 333 g/mol. The Bertz CT molecular complexity index is 748. The molecule has 3 unspecified atom stereocenters. The number of carbonyl (C=O) groups is 4. The van der Waals surface area contributed by atoms with Crippen LogP contribution in [0.1, 0.15) is 31.1 Å². The van der Waals surface area contributed by atoms with Crippen molar-refractivity contribution >= 4 is 23.6 Å². The molecular weight excluding hydrogens is 316 g/mol. The Morgan fingerprint density at radius 2 is 1.83 bits per heavy atom. The molecule has 8 nitrogen and oxygen atoms in total. The molecule has 2 aliphatic rings. The number of benzene rings is 1. The Morgan fingerprint density at radius 1 is 1.21 bits per heavy atom. The van der Waals surface area contributed by atoms with Crippen LogP contribution in [0.4, 0.5) is 4.79 Å². The zero-order valence-corrected chi connectivity index (χ0v) is 13.5. The van der Waals surface area contributed by atoms with Crippen LogP contribution in [0, 0.1) is 0 Å². The first-order valence-corrected chi connectivity index (χ1v) is 7.43. The first-order chi connectivity index (χ1) is 11.3. The molecule has 24 heavy (non-hydrogen) atoms. The molecule has 2 saturated heterocycles. The van der Waals surface area contributed by atoms with E-state index in [9.17, 15) is 19.2 Å². The lowest BCUT2D eigenvalue weighted by Gasteiger charge is -2.31. The molecule has 0 aromatic heterocycles. The number of hydroxylamine groups is 3. The summed E-state index contributed by atoms with van der Waals surface area (Å²) in [5, 5.41) is 0. The Kier molecular flexibility index (Phi) is 3.63. The predicted molar refractivity (Wildman–Crippen MR) is 78.9 cm³/mol. The first kappa shape index (κ1) is 16.4. The van der Waals surface area contributed by atoms with Crippen LogP contribution in [0.15, 0.2) is 30.3 Å². The van der Waals surface area contributed by atoms with Crippen molar-refractivity contribution in [1.29, 1.82) is 0 Å². The number of amides is 4. The van der Waals surface area contributed by atoms with Crippen molar-refractivity contribution in [2.45, 2.75) is 32.5 Å². The summed E-state index contributed by atoms with van der Waals surface area (Å²) in [5.74, 6) is -1.90. The Morgan fingerprint density at radius 3 is 2.38 bits per heavy atom. The van der Waals surface area contributed by atoms with Crippen LogP contribution < -0.4 is 0 Å². The van der Waals surface area contributed by atoms with Gasteiger partial charge < -0.3 is 0 Å². The molecule has 0 N–H and O–H groups in total. The Balaban J connectivity index is 2.25. The van der Waals surface area contributed by atoms with E-state index in [1.54, 1.807) is 30.3 Å². The van der Waals surface area contributed by atoms with Crippen LogP contribution in [-0.2, 0) is 19.2 Å². The number of urea groups is 1. The maximum absolute atomic E-state index is 13.2. The smallest absolute Gasteiger partial charge is 0.284 e. The number of hydrogen-bond donors (Lipinski definition) is 0. The molecular formula is C16H17N2O6+. The van der Waals surface area contributed by atoms with Crippen LogP contribution in [0.2, 0.25) is 0 Å². The zero-order chi connectivity index (χ0) is 17.7. The molecule has 0 spiro atoms. The molecule has 0 bridgehead atoms. The van der Waals surface area contributed by atoms with Gasteiger partial charge in [-0.3, -0.25) is 14.3 Å². The van der Waals surface area contributed by atoms with E-state index in [4.69, 9.17) is 9.57 Å². The Hall–Kier alpha value is -2.42. The van der Waals surface area contributed by atoms with Gasteiger partial charge in [-0.15, -0.1) is 0 Å². The van der Waals surface area contributed by atoms with Crippen molar-refractivity contribution in [1.82, 2.24) is 4.90 Å². The van der Waals surface area contributed by atoms with E-state index in [-0.39, 0.29) is 5.56 Å². The molecule has 0 saturated carbocycles. The van der Waals surface area contributed by atoms with Crippen molar-refractivity contribution in [2.75, 3.05) is 6.79 Å². The van der Waals surface area contributed by atoms with Crippen molar-refractivity contribution in [3.05, 3.63) is 35.9 Å². The summed E-state index contributed by atoms with van der Waals surface area (Å²) in [6.45, 7) is 3.42. The number of nitrogens with zero attached hydrogens (tertiary/aromatic N) is 2. The standard InChI is InChI=1S/C16H17N2O6/c1-10-16(14(21)13-7-5-4-6-8-13)18(12(3)20,24-9-23-16)15(22)17(10)11(2)19/h4-8,10H,9H2,1-3H3/q+1. The quantitative estimate of drug-likeness (QED) is 0.597. The number of ketones is 1. The van der Waals surface area contributed by atoms with Crippen LogP contribution in [0.5, 0.6) is 0 Å². The summed E-state index contributed by atoms with van der Waals surface area (Å²) in [6.07, 6.45) is 0. The third kappa shape index (κ3) is 1.73. The molecule has 2 fully saturated rings. The van der Waals surface area contributed by atoms with E-state index in [0.717, 1.165) is 11.8 Å². The number of quaternary nitrogens is 1. The lowest BCUT2D eigenvalue weighted by Crippen LogP contribution is -2.67. The second-order valence-electron chi connectivity index (χ2n) is 5.76. The molecule has 3 rings (SSSR count). The summed E-state index contributed by atoms with van der Waals surface area (Å²) >= 11 is 0. The maximum Gasteiger partial charge on any atom is 0.469 e. The lowest BCUT2D eigenvalue weighted by molar-refractivity contribution is -0.990. The summed E-state index contributed by atoms with van der Waals surface area (Å²) in [7, 11) is 0. The van der Waals surface area contributed by atoms with Crippen molar-refractivity contribution in [3.63, 3.8) is 0 Å². The number of rotatable bonds is 2. The van der Waals surface area contributed by atoms with E-state index in [1.807, 2.05) is 0 Å². The summed E-state index contributed by atoms with van der Waals surface area (Å²) in [4.78, 5) is 56.5. The van der Waals surface area contributed by atoms with Gasteiger partial charge in [-0.25, -0.2) is 14.5 Å². The van der Waals surface area contributed by atoms with Gasteiger partial charge in [0.15, 0.2) is 0 Å². The molecule has 1 aromatic rings. The van der Waals surface area contributed by atoms with Gasteiger partial charge in [-0.1, -0.05) is 30.3 Å². The van der Waals surface area contributed by atoms with E-state index < -0.39 is 46.8 Å². The number of fused-ring (bicyclic) bond motifs is 1. The molecule has 2 aliphatic heterocycles. The van der Waals surface area contributed by atoms with Gasteiger partial charge in [0.2, 0.25) is 12.7 Å². The fourth-order valence-electron chi connectivity index (χ4n) is 3.52.